The van der Waals surface area contributed by atoms with Crippen molar-refractivity contribution < 1.29 is 0 Å². The molecule has 3 atom stereocenters. The van der Waals surface area contributed by atoms with E-state index < -0.39 is 0 Å². The summed E-state index contributed by atoms with van der Waals surface area (Å²) in [6.07, 6.45) is 15.2. The summed E-state index contributed by atoms with van der Waals surface area (Å²) in [5.74, 6) is 1.63. The normalized spacial score (nSPS) is 24.2. The van der Waals surface area contributed by atoms with E-state index >= 15 is 0 Å². The molecule has 1 aliphatic carbocycles. The first-order valence-corrected chi connectivity index (χ1v) is 10.3. The molecule has 2 N–H and O–H groups in total. The minimum atomic E-state index is 0.280. The van der Waals surface area contributed by atoms with Gasteiger partial charge in [-0.3, -0.25) is 15.1 Å². The van der Waals surface area contributed by atoms with Crippen LogP contribution in [0.1, 0.15) is 44.2 Å². The molecule has 5 heteroatoms. The van der Waals surface area contributed by atoms with Crippen molar-refractivity contribution in [1.29, 1.82) is 0 Å². The van der Waals surface area contributed by atoms with Crippen molar-refractivity contribution in [3.8, 4) is 0 Å². The average molecular weight is 386 g/mol. The lowest BCUT2D eigenvalue weighted by atomic mass is 9.84. The van der Waals surface area contributed by atoms with Crippen LogP contribution in [0.2, 0.25) is 0 Å². The number of nitrogens with zero attached hydrogens (tertiary/aromatic N) is 3. The van der Waals surface area contributed by atoms with Crippen molar-refractivity contribution >= 4 is 23.3 Å². The Kier molecular flexibility index (Phi) is 5.56. The van der Waals surface area contributed by atoms with Gasteiger partial charge in [0.1, 0.15) is 5.84 Å². The number of fused-ring (bicyclic) bond motifs is 1. The van der Waals surface area contributed by atoms with Gasteiger partial charge in [-0.05, 0) is 36.6 Å². The van der Waals surface area contributed by atoms with Gasteiger partial charge in [0.25, 0.3) is 0 Å². The van der Waals surface area contributed by atoms with Crippen LogP contribution in [-0.4, -0.2) is 28.3 Å². The van der Waals surface area contributed by atoms with Crippen molar-refractivity contribution in [3.05, 3.63) is 77.8 Å². The van der Waals surface area contributed by atoms with Crippen LogP contribution in [0, 0.1) is 5.92 Å². The van der Waals surface area contributed by atoms with Crippen LogP contribution in [0.3, 0.4) is 0 Å². The Morgan fingerprint density at radius 3 is 2.55 bits per heavy atom. The number of nitrogens with one attached hydrogen (secondary N) is 2. The molecule has 29 heavy (non-hydrogen) atoms. The molecule has 3 heterocycles. The molecule has 0 amide bonds. The number of aromatic amines is 1. The van der Waals surface area contributed by atoms with Crippen LogP contribution in [0.5, 0.6) is 0 Å². The van der Waals surface area contributed by atoms with Crippen LogP contribution >= 0.6 is 0 Å². The molecule has 0 fully saturated rings. The molecule has 5 rings (SSSR count). The lowest BCUT2D eigenvalue weighted by Crippen LogP contribution is -2.28. The highest BCUT2D eigenvalue weighted by Gasteiger charge is 2.32. The molecular weight excluding hydrogens is 358 g/mol. The summed E-state index contributed by atoms with van der Waals surface area (Å²) in [6.45, 7) is 6.18. The molecule has 0 saturated carbocycles. The fourth-order valence-corrected chi connectivity index (χ4v) is 4.03. The van der Waals surface area contributed by atoms with E-state index in [1.807, 2.05) is 38.7 Å². The van der Waals surface area contributed by atoms with Crippen molar-refractivity contribution in [3.63, 3.8) is 0 Å². The molecule has 3 aliphatic rings. The van der Waals surface area contributed by atoms with E-state index in [-0.39, 0.29) is 12.0 Å². The number of rotatable bonds is 3. The zero-order valence-electron chi connectivity index (χ0n) is 17.1. The van der Waals surface area contributed by atoms with E-state index in [0.29, 0.717) is 5.92 Å². The maximum atomic E-state index is 4.88. The zero-order valence-corrected chi connectivity index (χ0v) is 17.1. The summed E-state index contributed by atoms with van der Waals surface area (Å²) in [7, 11) is 0. The molecule has 2 aromatic rings. The Balaban J connectivity index is 0.000000994. The summed E-state index contributed by atoms with van der Waals surface area (Å²) in [5.41, 5.74) is 6.05. The first kappa shape index (κ1) is 19.1. The fourth-order valence-electron chi connectivity index (χ4n) is 4.03. The Morgan fingerprint density at radius 1 is 1.07 bits per heavy atom. The van der Waals surface area contributed by atoms with E-state index in [2.05, 4.69) is 69.9 Å². The predicted octanol–water partition coefficient (Wildman–Crippen LogP) is 5.36. The van der Waals surface area contributed by atoms with Gasteiger partial charge < -0.3 is 5.32 Å². The second kappa shape index (κ2) is 8.43. The molecule has 3 unspecified atom stereocenters. The molecule has 0 bridgehead atoms. The van der Waals surface area contributed by atoms with Crippen LogP contribution in [0.25, 0.3) is 5.57 Å². The molecule has 5 nitrogen and oxygen atoms in total. The van der Waals surface area contributed by atoms with Gasteiger partial charge in [-0.1, -0.05) is 44.2 Å². The SMILES string of the molecule is CC.CC1CC2C(=CC=C2c2cn[nH]c2)C(Nc2ccc(C3C=CN=C3)cc2)=N1. The van der Waals surface area contributed by atoms with Crippen molar-refractivity contribution in [1.82, 2.24) is 10.2 Å². The first-order chi connectivity index (χ1) is 14.3. The smallest absolute Gasteiger partial charge is 0.129 e. The molecule has 148 valence electrons. The molecular formula is C24H27N5. The summed E-state index contributed by atoms with van der Waals surface area (Å²) >= 11 is 0. The van der Waals surface area contributed by atoms with Crippen molar-refractivity contribution in [2.75, 3.05) is 5.32 Å². The second-order valence-corrected chi connectivity index (χ2v) is 7.26. The quantitative estimate of drug-likeness (QED) is 0.747. The molecule has 1 aromatic carbocycles. The average Bonchev–Trinajstić information content (AvgIpc) is 3.51. The second-order valence-electron chi connectivity index (χ2n) is 7.26. The molecule has 0 spiro atoms. The summed E-state index contributed by atoms with van der Waals surface area (Å²) < 4.78 is 0. The van der Waals surface area contributed by atoms with Gasteiger partial charge in [-0.15, -0.1) is 0 Å². The number of allylic oxidation sites excluding steroid dienone is 4. The Labute approximate surface area is 172 Å². The van der Waals surface area contributed by atoms with Crippen LogP contribution in [0.4, 0.5) is 5.69 Å². The lowest BCUT2D eigenvalue weighted by Gasteiger charge is -2.28. The first-order valence-electron chi connectivity index (χ1n) is 10.3. The van der Waals surface area contributed by atoms with Gasteiger partial charge in [0.2, 0.25) is 0 Å². The lowest BCUT2D eigenvalue weighted by molar-refractivity contribution is 0.587. The van der Waals surface area contributed by atoms with Gasteiger partial charge in [0, 0.05) is 47.3 Å². The van der Waals surface area contributed by atoms with Crippen molar-refractivity contribution in [2.24, 2.45) is 15.9 Å². The minimum Gasteiger partial charge on any atom is -0.340 e. The van der Waals surface area contributed by atoms with Crippen LogP contribution in [-0.2, 0) is 0 Å². The monoisotopic (exact) mass is 385 g/mol. The number of amidine groups is 1. The van der Waals surface area contributed by atoms with E-state index in [4.69, 9.17) is 4.99 Å². The maximum Gasteiger partial charge on any atom is 0.129 e. The largest absolute Gasteiger partial charge is 0.340 e. The zero-order chi connectivity index (χ0) is 20.2. The number of benzene rings is 1. The third kappa shape index (κ3) is 3.86. The molecule has 0 saturated heterocycles. The highest BCUT2D eigenvalue weighted by atomic mass is 15.1. The van der Waals surface area contributed by atoms with E-state index in [0.717, 1.165) is 23.5 Å². The summed E-state index contributed by atoms with van der Waals surface area (Å²) in [5, 5.41) is 10.6. The Morgan fingerprint density at radius 2 is 1.86 bits per heavy atom. The van der Waals surface area contributed by atoms with Gasteiger partial charge >= 0.3 is 0 Å². The standard InChI is InChI=1S/C22H21N5.C2H6/c1-14-10-21-19(17-12-24-25-13-17)6-7-20(21)22(26-14)27-18-4-2-15(3-5-18)16-8-9-23-11-16;1-2/h2-9,11-14,16,21H,10H2,1H3,(H,24,25)(H,26,27);1-2H3. The van der Waals surface area contributed by atoms with Gasteiger partial charge in [-0.2, -0.15) is 5.10 Å². The number of aliphatic imine (C=N–C) groups is 2. The van der Waals surface area contributed by atoms with Crippen molar-refractivity contribution in [2.45, 2.75) is 39.2 Å². The number of hydrogen-bond acceptors (Lipinski definition) is 4. The highest BCUT2D eigenvalue weighted by Crippen LogP contribution is 2.41. The Hall–Kier alpha value is -3.21. The Bertz CT molecular complexity index is 978. The summed E-state index contributed by atoms with van der Waals surface area (Å²) in [4.78, 5) is 9.05. The van der Waals surface area contributed by atoms with Gasteiger partial charge in [0.05, 0.1) is 12.2 Å². The number of aromatic nitrogens is 2. The maximum absolute atomic E-state index is 4.88. The molecule has 1 aromatic heterocycles. The van der Waals surface area contributed by atoms with Gasteiger partial charge in [0.15, 0.2) is 0 Å². The third-order valence-corrected chi connectivity index (χ3v) is 5.41. The minimum absolute atomic E-state index is 0.280. The highest BCUT2D eigenvalue weighted by molar-refractivity contribution is 6.11. The number of H-pyrrole nitrogens is 1. The number of anilines is 1. The summed E-state index contributed by atoms with van der Waals surface area (Å²) in [6, 6.07) is 8.81. The molecule has 2 aliphatic heterocycles. The third-order valence-electron chi connectivity index (χ3n) is 5.41. The molecule has 0 radical (unpaired) electrons. The van der Waals surface area contributed by atoms with E-state index in [1.165, 1.54) is 16.7 Å². The number of hydrogen-bond donors (Lipinski definition) is 2. The van der Waals surface area contributed by atoms with E-state index in [1.54, 1.807) is 0 Å². The topological polar surface area (TPSA) is 65.4 Å². The van der Waals surface area contributed by atoms with Crippen LogP contribution in [0.15, 0.2) is 76.6 Å². The van der Waals surface area contributed by atoms with Crippen LogP contribution < -0.4 is 5.32 Å². The predicted molar refractivity (Wildman–Crippen MR) is 121 cm³/mol. The van der Waals surface area contributed by atoms with E-state index in [9.17, 15) is 0 Å². The van der Waals surface area contributed by atoms with Gasteiger partial charge in [-0.25, -0.2) is 0 Å². The fraction of sp³-hybridized carbons (Fsp3) is 0.292.